The second-order valence-electron chi connectivity index (χ2n) is 4.21. The summed E-state index contributed by atoms with van der Waals surface area (Å²) < 4.78 is 18.4. The Morgan fingerprint density at radius 2 is 2.21 bits per heavy atom. The molecule has 0 aromatic heterocycles. The Kier molecular flexibility index (Phi) is 6.89. The fourth-order valence-corrected chi connectivity index (χ4v) is 1.65. The largest absolute Gasteiger partial charge is 0.490 e. The van der Waals surface area contributed by atoms with E-state index in [4.69, 9.17) is 9.84 Å². The lowest BCUT2D eigenvalue weighted by Crippen LogP contribution is -2.35. The number of carbonyl (C=O) groups excluding carboxylic acids is 1. The Morgan fingerprint density at radius 1 is 1.47 bits per heavy atom. The number of nitrogens with one attached hydrogen (secondary N) is 1. The monoisotopic (exact) mass is 269 g/mol. The van der Waals surface area contributed by atoms with E-state index in [0.717, 1.165) is 6.42 Å². The van der Waals surface area contributed by atoms with Crippen molar-refractivity contribution in [3.8, 4) is 5.75 Å². The van der Waals surface area contributed by atoms with Crippen molar-refractivity contribution in [3.63, 3.8) is 0 Å². The molecule has 19 heavy (non-hydrogen) atoms. The third-order valence-corrected chi connectivity index (χ3v) is 2.76. The van der Waals surface area contributed by atoms with Gasteiger partial charge < -0.3 is 15.2 Å². The summed E-state index contributed by atoms with van der Waals surface area (Å²) in [5.41, 5.74) is 0. The van der Waals surface area contributed by atoms with Crippen LogP contribution in [0.4, 0.5) is 4.39 Å². The number of halogens is 1. The highest BCUT2D eigenvalue weighted by Gasteiger charge is 2.10. The van der Waals surface area contributed by atoms with E-state index in [1.165, 1.54) is 12.1 Å². The van der Waals surface area contributed by atoms with Gasteiger partial charge in [-0.05, 0) is 25.0 Å². The Bertz CT molecular complexity index is 398. The zero-order valence-corrected chi connectivity index (χ0v) is 11.1. The molecule has 0 aliphatic heterocycles. The second kappa shape index (κ2) is 8.48. The molecule has 0 aliphatic rings. The molecular formula is C14H20FNO3. The molecule has 0 aliphatic carbocycles. The second-order valence-corrected chi connectivity index (χ2v) is 4.21. The van der Waals surface area contributed by atoms with Gasteiger partial charge in [-0.25, -0.2) is 4.39 Å². The molecule has 4 nitrogen and oxygen atoms in total. The summed E-state index contributed by atoms with van der Waals surface area (Å²) in [5, 5.41) is 11.6. The third kappa shape index (κ3) is 5.70. The van der Waals surface area contributed by atoms with Crippen molar-refractivity contribution in [2.24, 2.45) is 0 Å². The minimum atomic E-state index is -0.436. The lowest BCUT2D eigenvalue weighted by atomic mass is 10.1. The van der Waals surface area contributed by atoms with E-state index in [0.29, 0.717) is 6.42 Å². The first-order valence-electron chi connectivity index (χ1n) is 6.45. The maximum absolute atomic E-state index is 13.2. The normalized spacial score (nSPS) is 11.9. The van der Waals surface area contributed by atoms with Gasteiger partial charge in [-0.3, -0.25) is 4.79 Å². The highest BCUT2D eigenvalue weighted by molar-refractivity contribution is 5.76. The van der Waals surface area contributed by atoms with Crippen LogP contribution >= 0.6 is 0 Å². The highest BCUT2D eigenvalue weighted by atomic mass is 19.1. The molecule has 0 saturated carbocycles. The SMILES string of the molecule is CCC(CCO)NC(=O)CCOc1ccccc1F. The van der Waals surface area contributed by atoms with Gasteiger partial charge in [-0.1, -0.05) is 19.1 Å². The molecule has 1 atom stereocenters. The molecule has 106 valence electrons. The third-order valence-electron chi connectivity index (χ3n) is 2.76. The molecule has 1 aromatic carbocycles. The molecule has 2 N–H and O–H groups in total. The number of aliphatic hydroxyl groups excluding tert-OH is 1. The van der Waals surface area contributed by atoms with Crippen LogP contribution in [0.1, 0.15) is 26.2 Å². The van der Waals surface area contributed by atoms with Gasteiger partial charge in [-0.2, -0.15) is 0 Å². The van der Waals surface area contributed by atoms with Gasteiger partial charge in [0.1, 0.15) is 0 Å². The van der Waals surface area contributed by atoms with E-state index in [2.05, 4.69) is 5.32 Å². The van der Waals surface area contributed by atoms with Crippen LogP contribution in [0.2, 0.25) is 0 Å². The summed E-state index contributed by atoms with van der Waals surface area (Å²) >= 11 is 0. The number of carbonyl (C=O) groups is 1. The molecule has 1 aromatic rings. The number of ether oxygens (including phenoxy) is 1. The lowest BCUT2D eigenvalue weighted by Gasteiger charge is -2.15. The number of aliphatic hydroxyl groups is 1. The van der Waals surface area contributed by atoms with E-state index < -0.39 is 5.82 Å². The van der Waals surface area contributed by atoms with Gasteiger partial charge in [0.15, 0.2) is 11.6 Å². The van der Waals surface area contributed by atoms with E-state index >= 15 is 0 Å². The molecule has 1 rings (SSSR count). The molecule has 0 heterocycles. The number of amides is 1. The predicted octanol–water partition coefficient (Wildman–Crippen LogP) is 1.87. The summed E-state index contributed by atoms with van der Waals surface area (Å²) in [7, 11) is 0. The van der Waals surface area contributed by atoms with Crippen molar-refractivity contribution in [2.45, 2.75) is 32.2 Å². The van der Waals surface area contributed by atoms with Gasteiger partial charge in [0.2, 0.25) is 5.91 Å². The maximum Gasteiger partial charge on any atom is 0.223 e. The van der Waals surface area contributed by atoms with Crippen LogP contribution in [0.25, 0.3) is 0 Å². The van der Waals surface area contributed by atoms with Gasteiger partial charge >= 0.3 is 0 Å². The molecule has 1 unspecified atom stereocenters. The number of benzene rings is 1. The Morgan fingerprint density at radius 3 is 2.84 bits per heavy atom. The van der Waals surface area contributed by atoms with Gasteiger partial charge in [-0.15, -0.1) is 0 Å². The van der Waals surface area contributed by atoms with Crippen LogP contribution in [-0.4, -0.2) is 30.3 Å². The fraction of sp³-hybridized carbons (Fsp3) is 0.500. The molecule has 1 amide bonds. The quantitative estimate of drug-likeness (QED) is 0.757. The average molecular weight is 269 g/mol. The Labute approximate surface area is 112 Å². The highest BCUT2D eigenvalue weighted by Crippen LogP contribution is 2.15. The summed E-state index contributed by atoms with van der Waals surface area (Å²) in [6, 6.07) is 6.06. The zero-order valence-electron chi connectivity index (χ0n) is 11.1. The first kappa shape index (κ1) is 15.4. The topological polar surface area (TPSA) is 58.6 Å². The van der Waals surface area contributed by atoms with Crippen molar-refractivity contribution in [1.29, 1.82) is 0 Å². The number of rotatable bonds is 8. The predicted molar refractivity (Wildman–Crippen MR) is 70.4 cm³/mol. The van der Waals surface area contributed by atoms with Crippen LogP contribution in [0.3, 0.4) is 0 Å². The molecule has 0 saturated heterocycles. The lowest BCUT2D eigenvalue weighted by molar-refractivity contribution is -0.122. The van der Waals surface area contributed by atoms with E-state index in [1.54, 1.807) is 12.1 Å². The van der Waals surface area contributed by atoms with E-state index in [-0.39, 0.29) is 37.3 Å². The first-order valence-corrected chi connectivity index (χ1v) is 6.45. The smallest absolute Gasteiger partial charge is 0.223 e. The number of para-hydroxylation sites is 1. The summed E-state index contributed by atoms with van der Waals surface area (Å²) in [5.74, 6) is -0.441. The number of hydrogen-bond donors (Lipinski definition) is 2. The van der Waals surface area contributed by atoms with Crippen LogP contribution < -0.4 is 10.1 Å². The molecular weight excluding hydrogens is 249 g/mol. The van der Waals surface area contributed by atoms with Gasteiger partial charge in [0.05, 0.1) is 13.0 Å². The van der Waals surface area contributed by atoms with E-state index in [9.17, 15) is 9.18 Å². The van der Waals surface area contributed by atoms with Crippen LogP contribution in [0, 0.1) is 5.82 Å². The Hall–Kier alpha value is -1.62. The van der Waals surface area contributed by atoms with Gasteiger partial charge in [0, 0.05) is 12.6 Å². The zero-order chi connectivity index (χ0) is 14.1. The van der Waals surface area contributed by atoms with Crippen LogP contribution in [0.5, 0.6) is 5.75 Å². The summed E-state index contributed by atoms with van der Waals surface area (Å²) in [4.78, 5) is 11.6. The van der Waals surface area contributed by atoms with Crippen LogP contribution in [-0.2, 0) is 4.79 Å². The Balaban J connectivity index is 2.29. The minimum absolute atomic E-state index is 0.0223. The maximum atomic E-state index is 13.2. The van der Waals surface area contributed by atoms with E-state index in [1.807, 2.05) is 6.92 Å². The number of hydrogen-bond acceptors (Lipinski definition) is 3. The van der Waals surface area contributed by atoms with Crippen molar-refractivity contribution in [2.75, 3.05) is 13.2 Å². The standard InChI is InChI=1S/C14H20FNO3/c1-2-11(7-9-17)16-14(18)8-10-19-13-6-4-3-5-12(13)15/h3-6,11,17H,2,7-10H2,1H3,(H,16,18). The molecule has 0 radical (unpaired) electrons. The van der Waals surface area contributed by atoms with Crippen LogP contribution in [0.15, 0.2) is 24.3 Å². The van der Waals surface area contributed by atoms with Crippen molar-refractivity contribution in [3.05, 3.63) is 30.1 Å². The average Bonchev–Trinajstić information content (AvgIpc) is 2.40. The molecule has 0 spiro atoms. The summed E-state index contributed by atoms with van der Waals surface area (Å²) in [6.45, 7) is 2.11. The van der Waals surface area contributed by atoms with Crippen molar-refractivity contribution in [1.82, 2.24) is 5.32 Å². The fourth-order valence-electron chi connectivity index (χ4n) is 1.65. The van der Waals surface area contributed by atoms with Gasteiger partial charge in [0.25, 0.3) is 0 Å². The van der Waals surface area contributed by atoms with Crippen molar-refractivity contribution >= 4 is 5.91 Å². The molecule has 5 heteroatoms. The minimum Gasteiger partial charge on any atom is -0.490 e. The molecule has 0 fully saturated rings. The van der Waals surface area contributed by atoms with Crippen molar-refractivity contribution < 1.29 is 19.0 Å². The first-order chi connectivity index (χ1) is 9.17. The summed E-state index contributed by atoms with van der Waals surface area (Å²) in [6.07, 6.45) is 1.47. The molecule has 0 bridgehead atoms.